The molecule has 1 amide bonds. The van der Waals surface area contributed by atoms with Gasteiger partial charge in [0.15, 0.2) is 11.5 Å². The van der Waals surface area contributed by atoms with E-state index in [-0.39, 0.29) is 30.8 Å². The van der Waals surface area contributed by atoms with Gasteiger partial charge in [-0.15, -0.1) is 11.3 Å². The minimum atomic E-state index is -0.271. The lowest BCUT2D eigenvalue weighted by atomic mass is 10.1. The van der Waals surface area contributed by atoms with Crippen molar-refractivity contribution in [3.8, 4) is 21.9 Å². The van der Waals surface area contributed by atoms with Gasteiger partial charge in [0, 0.05) is 4.88 Å². The fourth-order valence-corrected chi connectivity index (χ4v) is 4.52. The van der Waals surface area contributed by atoms with Crippen LogP contribution in [0.5, 0.6) is 11.5 Å². The van der Waals surface area contributed by atoms with E-state index in [1.807, 2.05) is 61.5 Å². The van der Waals surface area contributed by atoms with E-state index in [2.05, 4.69) is 10.3 Å². The quantitative estimate of drug-likeness (QED) is 0.519. The van der Waals surface area contributed by atoms with E-state index in [4.69, 9.17) is 9.47 Å². The van der Waals surface area contributed by atoms with Crippen LogP contribution in [0.15, 0.2) is 65.7 Å². The fraction of sp³-hybridized carbons (Fsp3) is 0.174. The third kappa shape index (κ3) is 3.77. The Kier molecular flexibility index (Phi) is 4.91. The van der Waals surface area contributed by atoms with Crippen molar-refractivity contribution in [2.24, 2.45) is 0 Å². The monoisotopic (exact) mass is 433 g/mol. The topological polar surface area (TPSA) is 82.5 Å². The van der Waals surface area contributed by atoms with Gasteiger partial charge in [0.2, 0.25) is 12.7 Å². The number of amides is 1. The van der Waals surface area contributed by atoms with Crippen molar-refractivity contribution in [3.63, 3.8) is 0 Å². The van der Waals surface area contributed by atoms with Crippen LogP contribution >= 0.6 is 11.3 Å². The van der Waals surface area contributed by atoms with Gasteiger partial charge < -0.3 is 14.8 Å². The fourth-order valence-electron chi connectivity index (χ4n) is 3.52. The Balaban J connectivity index is 1.33. The summed E-state index contributed by atoms with van der Waals surface area (Å²) in [6.45, 7) is 1.98. The smallest absolute Gasteiger partial charge is 0.262 e. The summed E-state index contributed by atoms with van der Waals surface area (Å²) in [5.74, 6) is 1.09. The molecule has 31 heavy (non-hydrogen) atoms. The maximum Gasteiger partial charge on any atom is 0.262 e. The van der Waals surface area contributed by atoms with Gasteiger partial charge in [-0.3, -0.25) is 14.2 Å². The summed E-state index contributed by atoms with van der Waals surface area (Å²) in [5, 5.41) is 3.44. The lowest BCUT2D eigenvalue weighted by Gasteiger charge is -2.15. The van der Waals surface area contributed by atoms with Crippen LogP contribution in [-0.2, 0) is 11.3 Å². The number of thiophene rings is 1. The van der Waals surface area contributed by atoms with E-state index in [1.165, 1.54) is 22.2 Å². The van der Waals surface area contributed by atoms with Crippen molar-refractivity contribution >= 4 is 27.5 Å². The van der Waals surface area contributed by atoms with Crippen molar-refractivity contribution in [3.05, 3.63) is 76.8 Å². The molecular weight excluding hydrogens is 414 g/mol. The summed E-state index contributed by atoms with van der Waals surface area (Å²) in [7, 11) is 0. The average Bonchev–Trinajstić information content (AvgIpc) is 3.43. The van der Waals surface area contributed by atoms with Crippen LogP contribution in [0.1, 0.15) is 18.5 Å². The van der Waals surface area contributed by atoms with Crippen LogP contribution in [0.3, 0.4) is 0 Å². The summed E-state index contributed by atoms with van der Waals surface area (Å²) < 4.78 is 12.0. The molecule has 0 saturated heterocycles. The normalized spacial score (nSPS) is 13.3. The number of nitrogens with zero attached hydrogens (tertiary/aromatic N) is 2. The van der Waals surface area contributed by atoms with Gasteiger partial charge >= 0.3 is 0 Å². The van der Waals surface area contributed by atoms with Crippen LogP contribution in [0.2, 0.25) is 0 Å². The largest absolute Gasteiger partial charge is 0.454 e. The first kappa shape index (κ1) is 19.3. The zero-order chi connectivity index (χ0) is 21.4. The van der Waals surface area contributed by atoms with Gasteiger partial charge in [0.25, 0.3) is 5.56 Å². The zero-order valence-corrected chi connectivity index (χ0v) is 17.5. The standard InChI is InChI=1S/C23H19N3O4S/c1-14(16-7-8-18-19(9-16)30-13-29-18)25-21(27)11-26-12-24-22-17(23(26)28)10-20(31-22)15-5-3-2-4-6-15/h2-10,12,14H,11,13H2,1H3,(H,25,27)/t14-/m0/s1. The molecule has 1 aliphatic rings. The van der Waals surface area contributed by atoms with Gasteiger partial charge in [-0.1, -0.05) is 36.4 Å². The Morgan fingerprint density at radius 1 is 1.16 bits per heavy atom. The molecule has 0 bridgehead atoms. The number of benzene rings is 2. The van der Waals surface area contributed by atoms with E-state index in [9.17, 15) is 9.59 Å². The Morgan fingerprint density at radius 3 is 2.81 bits per heavy atom. The third-order valence-electron chi connectivity index (χ3n) is 5.16. The number of ether oxygens (including phenoxy) is 2. The van der Waals surface area contributed by atoms with Gasteiger partial charge in [-0.25, -0.2) is 4.98 Å². The molecular formula is C23H19N3O4S. The molecule has 0 unspecified atom stereocenters. The number of carbonyl (C=O) groups is 1. The van der Waals surface area contributed by atoms with E-state index in [1.54, 1.807) is 0 Å². The summed E-state index contributed by atoms with van der Waals surface area (Å²) >= 11 is 1.46. The summed E-state index contributed by atoms with van der Waals surface area (Å²) in [5.41, 5.74) is 1.70. The highest BCUT2D eigenvalue weighted by molar-refractivity contribution is 7.21. The predicted octanol–water partition coefficient (Wildman–Crippen LogP) is 3.73. The van der Waals surface area contributed by atoms with Crippen molar-refractivity contribution in [2.45, 2.75) is 19.5 Å². The molecule has 8 heteroatoms. The van der Waals surface area contributed by atoms with Crippen LogP contribution in [0.4, 0.5) is 0 Å². The Bertz CT molecular complexity index is 1330. The minimum Gasteiger partial charge on any atom is -0.454 e. The minimum absolute atomic E-state index is 0.104. The predicted molar refractivity (Wildman–Crippen MR) is 118 cm³/mol. The molecule has 0 fully saturated rings. The zero-order valence-electron chi connectivity index (χ0n) is 16.7. The molecule has 2 aromatic carbocycles. The second-order valence-electron chi connectivity index (χ2n) is 7.28. The first-order chi connectivity index (χ1) is 15.1. The number of rotatable bonds is 5. The molecule has 7 nitrogen and oxygen atoms in total. The molecule has 1 N–H and O–H groups in total. The van der Waals surface area contributed by atoms with E-state index in [0.717, 1.165) is 16.0 Å². The highest BCUT2D eigenvalue weighted by Crippen LogP contribution is 2.34. The average molecular weight is 433 g/mol. The van der Waals surface area contributed by atoms with Gasteiger partial charge in [-0.2, -0.15) is 0 Å². The van der Waals surface area contributed by atoms with E-state index in [0.29, 0.717) is 21.7 Å². The van der Waals surface area contributed by atoms with E-state index >= 15 is 0 Å². The maximum absolute atomic E-state index is 12.9. The number of nitrogens with one attached hydrogen (secondary N) is 1. The number of hydrogen-bond donors (Lipinski definition) is 1. The van der Waals surface area contributed by atoms with Gasteiger partial charge in [0.05, 0.1) is 17.8 Å². The Morgan fingerprint density at radius 2 is 1.97 bits per heavy atom. The van der Waals surface area contributed by atoms with Crippen LogP contribution in [0.25, 0.3) is 20.7 Å². The van der Waals surface area contributed by atoms with Crippen LogP contribution < -0.4 is 20.3 Å². The van der Waals surface area contributed by atoms with Crippen LogP contribution in [-0.4, -0.2) is 22.3 Å². The van der Waals surface area contributed by atoms with Crippen molar-refractivity contribution in [1.29, 1.82) is 0 Å². The van der Waals surface area contributed by atoms with Crippen molar-refractivity contribution < 1.29 is 14.3 Å². The first-order valence-electron chi connectivity index (χ1n) is 9.82. The summed E-state index contributed by atoms with van der Waals surface area (Å²) in [4.78, 5) is 31.5. The molecule has 0 saturated carbocycles. The number of carbonyl (C=O) groups excluding carboxylic acids is 1. The molecule has 0 aliphatic carbocycles. The Labute approximate surface area is 181 Å². The molecule has 3 heterocycles. The van der Waals surface area contributed by atoms with Gasteiger partial charge in [0.1, 0.15) is 11.4 Å². The highest BCUT2D eigenvalue weighted by Gasteiger charge is 2.18. The summed E-state index contributed by atoms with van der Waals surface area (Å²) in [6, 6.07) is 17.0. The molecule has 1 atom stereocenters. The third-order valence-corrected chi connectivity index (χ3v) is 6.26. The van der Waals surface area contributed by atoms with Gasteiger partial charge in [-0.05, 0) is 36.2 Å². The number of hydrogen-bond acceptors (Lipinski definition) is 6. The maximum atomic E-state index is 12.9. The highest BCUT2D eigenvalue weighted by atomic mass is 32.1. The van der Waals surface area contributed by atoms with E-state index < -0.39 is 0 Å². The second kappa shape index (κ2) is 7.88. The molecule has 0 radical (unpaired) electrons. The molecule has 5 rings (SSSR count). The molecule has 4 aromatic rings. The molecule has 0 spiro atoms. The molecule has 1 aliphatic heterocycles. The molecule has 156 valence electrons. The lowest BCUT2D eigenvalue weighted by Crippen LogP contribution is -2.33. The van der Waals surface area contributed by atoms with Crippen molar-refractivity contribution in [2.75, 3.05) is 6.79 Å². The Hall–Kier alpha value is -3.65. The second-order valence-corrected chi connectivity index (χ2v) is 8.31. The SMILES string of the molecule is C[C@H](NC(=O)Cn1cnc2sc(-c3ccccc3)cc2c1=O)c1ccc2c(c1)OCO2. The lowest BCUT2D eigenvalue weighted by molar-refractivity contribution is -0.122. The van der Waals surface area contributed by atoms with Crippen molar-refractivity contribution in [1.82, 2.24) is 14.9 Å². The number of aromatic nitrogens is 2. The number of fused-ring (bicyclic) bond motifs is 2. The summed E-state index contributed by atoms with van der Waals surface area (Å²) in [6.07, 6.45) is 1.43. The van der Waals surface area contributed by atoms with Crippen LogP contribution in [0, 0.1) is 0 Å². The first-order valence-corrected chi connectivity index (χ1v) is 10.6. The molecule has 2 aromatic heterocycles.